The van der Waals surface area contributed by atoms with Crippen molar-refractivity contribution in [1.82, 2.24) is 0 Å². The molecule has 186 valence electrons. The van der Waals surface area contributed by atoms with Gasteiger partial charge in [0.2, 0.25) is 6.29 Å². The van der Waals surface area contributed by atoms with Crippen LogP contribution in [0.15, 0.2) is 51.9 Å². The Morgan fingerprint density at radius 1 is 1.06 bits per heavy atom. The predicted octanol–water partition coefficient (Wildman–Crippen LogP) is 0.924. The fourth-order valence-corrected chi connectivity index (χ4v) is 3.72. The quantitative estimate of drug-likeness (QED) is 0.365. The molecule has 0 aliphatic carbocycles. The molecule has 1 saturated heterocycles. The van der Waals surface area contributed by atoms with Crippen molar-refractivity contribution in [3.05, 3.63) is 52.9 Å². The Kier molecular flexibility index (Phi) is 6.94. The highest BCUT2D eigenvalue weighted by Gasteiger charge is 2.45. The number of aliphatic hydroxyl groups excluding tert-OH is 3. The lowest BCUT2D eigenvalue weighted by Crippen LogP contribution is -2.60. The molecule has 4 N–H and O–H groups in total. The first-order valence-corrected chi connectivity index (χ1v) is 10.6. The van der Waals surface area contributed by atoms with Crippen molar-refractivity contribution in [2.24, 2.45) is 0 Å². The summed E-state index contributed by atoms with van der Waals surface area (Å²) >= 11 is 0. The van der Waals surface area contributed by atoms with E-state index in [9.17, 15) is 30.0 Å². The predicted molar refractivity (Wildman–Crippen MR) is 120 cm³/mol. The van der Waals surface area contributed by atoms with Gasteiger partial charge in [0.05, 0.1) is 18.1 Å². The smallest absolute Gasteiger partial charge is 0.302 e. The van der Waals surface area contributed by atoms with E-state index < -0.39 is 36.7 Å². The summed E-state index contributed by atoms with van der Waals surface area (Å²) in [6.45, 7) is 0.830. The summed E-state index contributed by atoms with van der Waals surface area (Å²) in [7, 11) is 1.42. The number of methoxy groups -OCH3 is 1. The van der Waals surface area contributed by atoms with Crippen LogP contribution in [0.4, 0.5) is 0 Å². The topological polar surface area (TPSA) is 165 Å². The first-order valence-electron chi connectivity index (χ1n) is 10.6. The van der Waals surface area contributed by atoms with Crippen LogP contribution in [-0.4, -0.2) is 70.8 Å². The van der Waals surface area contributed by atoms with Gasteiger partial charge >= 0.3 is 5.97 Å². The second-order valence-electron chi connectivity index (χ2n) is 7.96. The number of benzene rings is 2. The second-order valence-corrected chi connectivity index (χ2v) is 7.96. The zero-order valence-electron chi connectivity index (χ0n) is 18.8. The molecule has 2 aromatic carbocycles. The van der Waals surface area contributed by atoms with Gasteiger partial charge < -0.3 is 43.8 Å². The van der Waals surface area contributed by atoms with Gasteiger partial charge in [-0.05, 0) is 29.8 Å². The molecule has 5 atom stereocenters. The van der Waals surface area contributed by atoms with Crippen molar-refractivity contribution >= 4 is 16.9 Å². The number of hydrogen-bond acceptors (Lipinski definition) is 11. The number of aromatic hydroxyl groups is 1. The lowest BCUT2D eigenvalue weighted by molar-refractivity contribution is -0.278. The highest BCUT2D eigenvalue weighted by Crippen LogP contribution is 2.32. The molecule has 0 bridgehead atoms. The van der Waals surface area contributed by atoms with E-state index in [1.54, 1.807) is 6.07 Å². The number of carbonyl (C=O) groups is 1. The number of ether oxygens (including phenoxy) is 4. The third-order valence-electron chi connectivity index (χ3n) is 5.61. The molecular weight excluding hydrogens is 464 g/mol. The summed E-state index contributed by atoms with van der Waals surface area (Å²) in [6.07, 6.45) is -6.02. The van der Waals surface area contributed by atoms with Crippen molar-refractivity contribution in [2.45, 2.75) is 37.6 Å². The molecule has 0 amide bonds. The Bertz CT molecular complexity index is 1280. The first kappa shape index (κ1) is 24.5. The van der Waals surface area contributed by atoms with Crippen LogP contribution in [0.5, 0.6) is 17.2 Å². The maximum atomic E-state index is 13.0. The molecule has 2 heterocycles. The van der Waals surface area contributed by atoms with Crippen molar-refractivity contribution in [1.29, 1.82) is 0 Å². The Balaban J connectivity index is 1.58. The number of aliphatic hydroxyl groups is 3. The molecule has 4 rings (SSSR count). The van der Waals surface area contributed by atoms with Gasteiger partial charge in [0.1, 0.15) is 48.6 Å². The highest BCUT2D eigenvalue weighted by molar-refractivity contribution is 5.83. The molecule has 0 saturated carbocycles. The fraction of sp³-hybridized carbons (Fsp3) is 0.333. The van der Waals surface area contributed by atoms with Gasteiger partial charge in [0.25, 0.3) is 0 Å². The third-order valence-corrected chi connectivity index (χ3v) is 5.61. The Morgan fingerprint density at radius 3 is 2.51 bits per heavy atom. The minimum Gasteiger partial charge on any atom is -0.504 e. The maximum absolute atomic E-state index is 13.0. The molecule has 35 heavy (non-hydrogen) atoms. The highest BCUT2D eigenvalue weighted by atomic mass is 16.7. The molecule has 11 nitrogen and oxygen atoms in total. The van der Waals surface area contributed by atoms with Crippen LogP contribution < -0.4 is 14.9 Å². The van der Waals surface area contributed by atoms with E-state index in [-0.39, 0.29) is 45.8 Å². The number of fused-ring (bicyclic) bond motifs is 1. The summed E-state index contributed by atoms with van der Waals surface area (Å²) < 4.78 is 26.6. The molecule has 1 aliphatic heterocycles. The normalized spacial score (nSPS) is 24.2. The van der Waals surface area contributed by atoms with E-state index in [0.29, 0.717) is 5.56 Å². The SMILES string of the molecule is COc1ccc(-c2coc3cc(O[C@@H]4O[C@H](COC(C)=O)[C@@H](O)[C@H](O)[C@H]4O)ccc3c2=O)cc1O. The van der Waals surface area contributed by atoms with Crippen LogP contribution in [0.3, 0.4) is 0 Å². The minimum absolute atomic E-state index is 0.126. The van der Waals surface area contributed by atoms with E-state index >= 15 is 0 Å². The van der Waals surface area contributed by atoms with Gasteiger partial charge in [-0.25, -0.2) is 0 Å². The van der Waals surface area contributed by atoms with Crippen molar-refractivity contribution < 1.29 is 48.6 Å². The van der Waals surface area contributed by atoms with E-state index in [4.69, 9.17) is 23.4 Å². The summed E-state index contributed by atoms with van der Waals surface area (Å²) in [5.41, 5.74) is 0.484. The van der Waals surface area contributed by atoms with E-state index in [2.05, 4.69) is 0 Å². The van der Waals surface area contributed by atoms with Crippen LogP contribution in [0.25, 0.3) is 22.1 Å². The van der Waals surface area contributed by atoms with Gasteiger partial charge in [-0.3, -0.25) is 9.59 Å². The first-order chi connectivity index (χ1) is 16.7. The lowest BCUT2D eigenvalue weighted by atomic mass is 9.99. The van der Waals surface area contributed by atoms with Crippen LogP contribution in [0.2, 0.25) is 0 Å². The molecule has 0 unspecified atom stereocenters. The molecular formula is C24H24O11. The molecule has 11 heteroatoms. The summed E-state index contributed by atoms with van der Waals surface area (Å²) in [4.78, 5) is 24.1. The standard InChI is InChI=1S/C24H24O11/c1-11(25)32-10-19-21(28)22(29)23(30)24(35-19)34-13-4-5-14-18(8-13)33-9-15(20(14)27)12-3-6-17(31-2)16(26)7-12/h3-9,19,21-24,26,28-30H,10H2,1-2H3/t19-,21-,22+,23-,24-/m1/s1. The van der Waals surface area contributed by atoms with E-state index in [1.807, 2.05) is 0 Å². The lowest BCUT2D eigenvalue weighted by Gasteiger charge is -2.39. The molecule has 0 spiro atoms. The van der Waals surface area contributed by atoms with Crippen molar-refractivity contribution in [3.8, 4) is 28.4 Å². The fourth-order valence-electron chi connectivity index (χ4n) is 3.72. The Labute approximate surface area is 198 Å². The van der Waals surface area contributed by atoms with Crippen molar-refractivity contribution in [2.75, 3.05) is 13.7 Å². The zero-order chi connectivity index (χ0) is 25.3. The van der Waals surface area contributed by atoms with Gasteiger partial charge in [-0.15, -0.1) is 0 Å². The largest absolute Gasteiger partial charge is 0.504 e. The van der Waals surface area contributed by atoms with E-state index in [1.165, 1.54) is 50.6 Å². The minimum atomic E-state index is -1.61. The summed E-state index contributed by atoms with van der Waals surface area (Å²) in [5.74, 6) is -0.318. The number of phenolic OH excluding ortho intramolecular Hbond substituents is 1. The van der Waals surface area contributed by atoms with Gasteiger partial charge in [0, 0.05) is 13.0 Å². The third kappa shape index (κ3) is 4.93. The van der Waals surface area contributed by atoms with Crippen LogP contribution in [-0.2, 0) is 14.3 Å². The van der Waals surface area contributed by atoms with Crippen LogP contribution in [0.1, 0.15) is 6.92 Å². The number of carbonyl (C=O) groups excluding carboxylic acids is 1. The van der Waals surface area contributed by atoms with Crippen molar-refractivity contribution in [3.63, 3.8) is 0 Å². The Hall–Kier alpha value is -3.64. The Morgan fingerprint density at radius 2 is 1.83 bits per heavy atom. The average Bonchev–Trinajstić information content (AvgIpc) is 2.83. The van der Waals surface area contributed by atoms with Gasteiger partial charge in [0.15, 0.2) is 16.9 Å². The monoisotopic (exact) mass is 488 g/mol. The van der Waals surface area contributed by atoms with E-state index in [0.717, 1.165) is 0 Å². The zero-order valence-corrected chi connectivity index (χ0v) is 18.8. The number of rotatable bonds is 6. The molecule has 1 aromatic heterocycles. The maximum Gasteiger partial charge on any atom is 0.302 e. The summed E-state index contributed by atoms with van der Waals surface area (Å²) in [5, 5.41) is 40.8. The number of phenols is 1. The van der Waals surface area contributed by atoms with Crippen LogP contribution >= 0.6 is 0 Å². The second kappa shape index (κ2) is 9.92. The molecule has 1 fully saturated rings. The van der Waals surface area contributed by atoms with Crippen LogP contribution in [0, 0.1) is 0 Å². The summed E-state index contributed by atoms with van der Waals surface area (Å²) in [6, 6.07) is 8.84. The number of esters is 1. The average molecular weight is 488 g/mol. The molecule has 3 aromatic rings. The van der Waals surface area contributed by atoms with Gasteiger partial charge in [-0.1, -0.05) is 6.07 Å². The van der Waals surface area contributed by atoms with Gasteiger partial charge in [-0.2, -0.15) is 0 Å². The number of hydrogen-bond donors (Lipinski definition) is 4. The molecule has 0 radical (unpaired) electrons. The molecule has 1 aliphatic rings.